The Morgan fingerprint density at radius 1 is 1.14 bits per heavy atom. The van der Waals surface area contributed by atoms with Gasteiger partial charge in [-0.2, -0.15) is 0 Å². The molecule has 1 aliphatic rings. The zero-order valence-electron chi connectivity index (χ0n) is 13.9. The average Bonchev–Trinajstić information content (AvgIpc) is 3.01. The molecule has 1 saturated heterocycles. The molecule has 1 radical (unpaired) electrons. The summed E-state index contributed by atoms with van der Waals surface area (Å²) in [5.41, 5.74) is 6.25. The van der Waals surface area contributed by atoms with Crippen molar-refractivity contribution < 1.29 is 74.3 Å². The Hall–Kier alpha value is -1.24. The third kappa shape index (κ3) is 6.13. The van der Waals surface area contributed by atoms with E-state index in [4.69, 9.17) is 20.3 Å². The monoisotopic (exact) mass is 470 g/mol. The molecule has 0 aromatic carbocycles. The topological polar surface area (TPSA) is 312 Å². The largest absolute Gasteiger partial charge is 0.469 e. The van der Waals surface area contributed by atoms with Crippen molar-refractivity contribution in [1.29, 1.82) is 0 Å². The number of phosphoric ester groups is 1. The van der Waals surface area contributed by atoms with Crippen molar-refractivity contribution >= 4 is 24.8 Å². The first-order valence-corrected chi connectivity index (χ1v) is 7.95. The van der Waals surface area contributed by atoms with Crippen LogP contribution in [-0.2, 0) is 32.4 Å². The first-order valence-electron chi connectivity index (χ1n) is 6.42. The number of anilines is 1. The number of rotatable bonds is 4. The van der Waals surface area contributed by atoms with Gasteiger partial charge in [0.05, 0.1) is 12.9 Å². The number of imidazole rings is 1. The molecule has 0 bridgehead atoms. The van der Waals surface area contributed by atoms with Gasteiger partial charge in [-0.3, -0.25) is 9.09 Å². The molecule has 2 aromatic rings. The molecule has 28 heavy (non-hydrogen) atoms. The molecule has 0 spiro atoms. The summed E-state index contributed by atoms with van der Waals surface area (Å²) in [6.45, 7) is -0.594. The van der Waals surface area contributed by atoms with E-state index in [0.29, 0.717) is 5.52 Å². The van der Waals surface area contributed by atoms with E-state index in [1.54, 1.807) is 0 Å². The summed E-state index contributed by atoms with van der Waals surface area (Å²) in [5, 5.41) is 20.1. The van der Waals surface area contributed by atoms with Crippen molar-refractivity contribution in [2.75, 3.05) is 12.3 Å². The minimum Gasteiger partial charge on any atom is -0.412 e. The molecule has 163 valence electrons. The van der Waals surface area contributed by atoms with Crippen LogP contribution >= 0.6 is 7.82 Å². The Kier molecular flexibility index (Phi) is 13.1. The number of nitrogen functional groups attached to an aromatic ring is 1. The van der Waals surface area contributed by atoms with Crippen molar-refractivity contribution in [2.45, 2.75) is 24.5 Å². The Bertz CT molecular complexity index is 775. The molecular weight excluding hydrogens is 448 g/mol. The molecule has 0 saturated carbocycles. The van der Waals surface area contributed by atoms with Crippen LogP contribution in [0.2, 0.25) is 0 Å². The zero-order valence-corrected chi connectivity index (χ0v) is 16.2. The van der Waals surface area contributed by atoms with Crippen molar-refractivity contribution in [1.82, 2.24) is 19.5 Å². The smallest absolute Gasteiger partial charge is 0.412 e. The molecule has 14 N–H and O–H groups in total. The van der Waals surface area contributed by atoms with E-state index in [0.717, 1.165) is 0 Å². The summed E-state index contributed by atoms with van der Waals surface area (Å²) >= 11 is 0. The molecule has 4 atom stereocenters. The summed E-state index contributed by atoms with van der Waals surface area (Å²) in [4.78, 5) is 29.2. The number of aromatic nitrogens is 4. The molecule has 0 unspecified atom stereocenters. The second-order valence-electron chi connectivity index (χ2n) is 4.92. The molecule has 1 aliphatic heterocycles. The van der Waals surface area contributed by atoms with E-state index in [-0.39, 0.29) is 51.9 Å². The Balaban J connectivity index is -0.00000125. The number of phosphoric acid groups is 1. The van der Waals surface area contributed by atoms with E-state index in [1.807, 2.05) is 0 Å². The van der Waals surface area contributed by atoms with Gasteiger partial charge in [0.1, 0.15) is 30.2 Å². The molecule has 18 heteroatoms. The van der Waals surface area contributed by atoms with Crippen molar-refractivity contribution in [3.8, 4) is 0 Å². The fraction of sp³-hybridized carbons (Fsp3) is 0.500. The quantitative estimate of drug-likeness (QED) is 0.263. The second-order valence-corrected chi connectivity index (χ2v) is 6.15. The van der Waals surface area contributed by atoms with Gasteiger partial charge in [0.2, 0.25) is 0 Å². The van der Waals surface area contributed by atoms with Crippen molar-refractivity contribution in [3.05, 3.63) is 12.7 Å². The van der Waals surface area contributed by atoms with E-state index < -0.39 is 39.0 Å². The number of nitrogens with two attached hydrogens (primary N) is 1. The molecule has 2 aromatic heterocycles. The molecule has 0 amide bonds. The zero-order chi connectivity index (χ0) is 16.8. The number of nitrogens with zero attached hydrogens (tertiary/aromatic N) is 4. The standard InChI is InChI=1S/C10H14N5O7P.4H2O.V/c11-8-5-9(13-2-12-8)15(3-14-5)10-7(17)6(16)4(22-10)1-21-23(18,19)20;;;;;/h2-4,6-7,10,16-17H,1H2,(H2,11,12,13)(H2,18,19,20);4*1H2;/t4-,6-,7-,10-;;;;;/m1...../s1. The van der Waals surface area contributed by atoms with Gasteiger partial charge in [-0.1, -0.05) is 0 Å². The van der Waals surface area contributed by atoms with E-state index in [9.17, 15) is 14.8 Å². The van der Waals surface area contributed by atoms with Gasteiger partial charge in [-0.05, 0) is 0 Å². The number of aliphatic hydroxyl groups excluding tert-OH is 2. The third-order valence-electron chi connectivity index (χ3n) is 3.41. The van der Waals surface area contributed by atoms with Crippen molar-refractivity contribution in [3.63, 3.8) is 0 Å². The summed E-state index contributed by atoms with van der Waals surface area (Å²) in [7, 11) is -4.72. The summed E-state index contributed by atoms with van der Waals surface area (Å²) in [6, 6.07) is 0. The number of ether oxygens (including phenoxy) is 1. The minimum atomic E-state index is -4.72. The fourth-order valence-electron chi connectivity index (χ4n) is 2.32. The fourth-order valence-corrected chi connectivity index (χ4v) is 2.66. The van der Waals surface area contributed by atoms with Gasteiger partial charge in [0.25, 0.3) is 0 Å². The number of hydrogen-bond acceptors (Lipinski definition) is 9. The van der Waals surface area contributed by atoms with Crippen LogP contribution in [0, 0.1) is 0 Å². The van der Waals surface area contributed by atoms with Crippen LogP contribution in [0.3, 0.4) is 0 Å². The first-order chi connectivity index (χ1) is 10.8. The van der Waals surface area contributed by atoms with Crippen LogP contribution in [-0.4, -0.2) is 86.3 Å². The Morgan fingerprint density at radius 3 is 2.32 bits per heavy atom. The summed E-state index contributed by atoms with van der Waals surface area (Å²) < 4.78 is 21.8. The Morgan fingerprint density at radius 2 is 1.75 bits per heavy atom. The van der Waals surface area contributed by atoms with Crippen LogP contribution < -0.4 is 5.73 Å². The van der Waals surface area contributed by atoms with Gasteiger partial charge in [-0.25, -0.2) is 19.5 Å². The van der Waals surface area contributed by atoms with E-state index in [1.165, 1.54) is 17.2 Å². The maximum atomic E-state index is 10.7. The van der Waals surface area contributed by atoms with Crippen LogP contribution in [0.4, 0.5) is 5.82 Å². The summed E-state index contributed by atoms with van der Waals surface area (Å²) in [6.07, 6.45) is -2.49. The predicted octanol–water partition coefficient (Wildman–Crippen LogP) is -5.16. The maximum Gasteiger partial charge on any atom is 0.469 e. The van der Waals surface area contributed by atoms with Gasteiger partial charge >= 0.3 is 7.82 Å². The number of hydrogen-bond donors (Lipinski definition) is 5. The molecular formula is C10H22N5O11PV. The number of fused-ring (bicyclic) bond motifs is 1. The minimum absolute atomic E-state index is 0. The molecule has 1 fully saturated rings. The second kappa shape index (κ2) is 11.7. The van der Waals surface area contributed by atoms with Crippen LogP contribution in [0.5, 0.6) is 0 Å². The van der Waals surface area contributed by atoms with E-state index in [2.05, 4.69) is 19.5 Å². The van der Waals surface area contributed by atoms with Gasteiger partial charge in [0, 0.05) is 18.6 Å². The van der Waals surface area contributed by atoms with Crippen LogP contribution in [0.1, 0.15) is 6.23 Å². The van der Waals surface area contributed by atoms with Gasteiger partial charge < -0.3 is 52.4 Å². The van der Waals surface area contributed by atoms with Crippen molar-refractivity contribution in [2.24, 2.45) is 0 Å². The number of aliphatic hydroxyl groups is 2. The molecule has 3 heterocycles. The van der Waals surface area contributed by atoms with Gasteiger partial charge in [0.15, 0.2) is 17.7 Å². The summed E-state index contributed by atoms with van der Waals surface area (Å²) in [5.74, 6) is 0.142. The Labute approximate surface area is 168 Å². The maximum absolute atomic E-state index is 10.7. The molecule has 16 nitrogen and oxygen atoms in total. The SMILES string of the molecule is Nc1ncnc2c1ncn2[C@@H]1O[C@H](COP(=O)(O)O)[C@@H](O)[C@H]1O.O.O.O.O.[V]. The molecule has 3 rings (SSSR count). The predicted molar refractivity (Wildman–Crippen MR) is 88.1 cm³/mol. The van der Waals surface area contributed by atoms with Crippen LogP contribution in [0.15, 0.2) is 12.7 Å². The third-order valence-corrected chi connectivity index (χ3v) is 3.89. The molecule has 0 aliphatic carbocycles. The first kappa shape index (κ1) is 31.5. The van der Waals surface area contributed by atoms with Gasteiger partial charge in [-0.15, -0.1) is 0 Å². The normalized spacial score (nSPS) is 23.4. The van der Waals surface area contributed by atoms with Crippen LogP contribution in [0.25, 0.3) is 11.2 Å². The average molecular weight is 470 g/mol. The van der Waals surface area contributed by atoms with E-state index >= 15 is 0 Å².